The fourth-order valence-corrected chi connectivity index (χ4v) is 0.144. The van der Waals surface area contributed by atoms with Gasteiger partial charge in [0.15, 0.2) is 0 Å². The number of terminal acetylenes is 5. The highest BCUT2D eigenvalue weighted by Gasteiger charge is 1.73. The molecule has 10 heteroatoms. The van der Waals surface area contributed by atoms with E-state index in [1.54, 1.807) is 13.8 Å². The fraction of sp³-hybridized carbons (Fsp3) is 0.795. The summed E-state index contributed by atoms with van der Waals surface area (Å²) in [4.78, 5) is 0. The number of rotatable bonds is 0. The lowest BCUT2D eigenvalue weighted by molar-refractivity contribution is 1.50. The van der Waals surface area contributed by atoms with Crippen molar-refractivity contribution in [3.63, 3.8) is 0 Å². The summed E-state index contributed by atoms with van der Waals surface area (Å²) in [6.07, 6.45) is 26.0. The van der Waals surface area contributed by atoms with Crippen LogP contribution in [0.2, 0.25) is 0 Å². The van der Waals surface area contributed by atoms with Gasteiger partial charge in [0.25, 0.3) is 0 Å². The summed E-state index contributed by atoms with van der Waals surface area (Å²) in [5.74, 6) is 23.3. The van der Waals surface area contributed by atoms with Crippen LogP contribution in [0.15, 0.2) is 0 Å². The quantitative estimate of drug-likeness (QED) is 0.168. The van der Waals surface area contributed by atoms with Crippen molar-refractivity contribution in [2.75, 3.05) is 0 Å². The van der Waals surface area contributed by atoms with Crippen LogP contribution in [0.3, 0.4) is 0 Å². The predicted molar refractivity (Wildman–Crippen MR) is 484 cm³/mol. The first kappa shape index (κ1) is 309. The molecule has 0 atom stereocenters. The minimum atomic E-state index is -0.667. The Hall–Kier alpha value is -2.87. The van der Waals surface area contributed by atoms with Gasteiger partial charge < -0.3 is 0 Å². The normalized spacial score (nSPS) is 2.89. The van der Waals surface area contributed by atoms with Crippen LogP contribution in [-0.2, 0) is 0 Å². The van der Waals surface area contributed by atoms with E-state index < -0.39 is 6.39 Å². The van der Waals surface area contributed by atoms with Crippen LogP contribution in [0.4, 0.5) is 0 Å². The second-order valence-electron chi connectivity index (χ2n) is 2.62. The largest absolute Gasteiger partial charge is 0.124 e. The van der Waals surface area contributed by atoms with E-state index in [0.29, 0.717) is 0 Å². The molecule has 0 fully saturated rings. The fourth-order valence-electron chi connectivity index (χ4n) is 0.144. The standard InChI is InChI=1S/C6H2.C5H4.C4H6.C3H4.26C2H6.C2H2.6CH4.B4.B3.B2.B/c1-3-5-6-4-2;1-3-5-4-2;1-3-4-2;1-3-2;27*1-2;;;;;;;1-4(2)3;1-3-2;1-2;/h1-2H;1H,2H3;1-2H3;1H,2H3;26*1-2H3;1-2H;6*1H4;;;;. The SMILES string of the molecule is C.C.C.C.C.C.C#C.C#CC.C#CC#CC.C#CC#CC#C.CC.CC.CC.CC.CC.CC.CC.CC.CC.CC.CC.CC.CC.CC.CC.CC.CC.CC.CC.CC.CC.CC.CC.CC.CC.CC.CC#CC.[B].[B]B([B])[B].[B][B].[B][B][B]. The lowest BCUT2D eigenvalue weighted by Crippen LogP contribution is -2.11. The molecule has 18 radical (unpaired) electrons. The molecule has 0 saturated heterocycles. The highest BCUT2D eigenvalue weighted by Crippen LogP contribution is 1.43. The van der Waals surface area contributed by atoms with Crippen molar-refractivity contribution < 1.29 is 0 Å². The minimum Gasteiger partial charge on any atom is -0.124 e. The molecule has 0 heterocycles. The maximum Gasteiger partial charge on any atom is 0 e. The van der Waals surface area contributed by atoms with Gasteiger partial charge in [-0.25, -0.2) is 0 Å². The van der Waals surface area contributed by atoms with Crippen LogP contribution in [0, 0.1) is 97.7 Å². The first-order valence-electron chi connectivity index (χ1n) is 33.0. The van der Waals surface area contributed by atoms with E-state index in [-0.39, 0.29) is 53.0 Å². The maximum absolute atomic E-state index is 4.72. The maximum atomic E-state index is 4.72. The zero-order valence-corrected chi connectivity index (χ0v) is 70.2. The lowest BCUT2D eigenvalue weighted by atomic mass is 9.08. The van der Waals surface area contributed by atoms with Crippen LogP contribution in [0.5, 0.6) is 0 Å². The van der Waals surface area contributed by atoms with Crippen molar-refractivity contribution >= 4 is 76.0 Å². The minimum absolute atomic E-state index is 0. The van der Waals surface area contributed by atoms with Gasteiger partial charge in [0.2, 0.25) is 0 Å². The molecular formula is C78H198B10. The van der Waals surface area contributed by atoms with E-state index in [4.69, 9.17) is 19.3 Å². The Kier molecular flexibility index (Phi) is 16500. The van der Waals surface area contributed by atoms with E-state index in [1.807, 2.05) is 374 Å². The van der Waals surface area contributed by atoms with E-state index in [1.165, 1.54) is 0 Å². The van der Waals surface area contributed by atoms with Gasteiger partial charge in [-0.15, -0.1) is 56.3 Å². The molecule has 0 aromatic carbocycles. The van der Waals surface area contributed by atoms with Gasteiger partial charge in [-0.05, 0) is 63.2 Å². The van der Waals surface area contributed by atoms with Crippen LogP contribution >= 0.6 is 0 Å². The van der Waals surface area contributed by atoms with Gasteiger partial charge in [-0.2, -0.15) is 0 Å². The zero-order chi connectivity index (χ0) is 77.4. The van der Waals surface area contributed by atoms with Gasteiger partial charge in [0.05, 0.1) is 0 Å². The smallest absolute Gasteiger partial charge is 0 e. The average molecular weight is 1240 g/mol. The molecule has 0 amide bonds. The second-order valence-corrected chi connectivity index (χ2v) is 2.62. The second kappa shape index (κ2) is 4690. The molecule has 88 heavy (non-hydrogen) atoms. The zero-order valence-electron chi connectivity index (χ0n) is 70.2. The van der Waals surface area contributed by atoms with Gasteiger partial charge in [-0.1, -0.05) is 411 Å². The van der Waals surface area contributed by atoms with Gasteiger partial charge >= 0.3 is 0 Å². The third kappa shape index (κ3) is 57300. The van der Waals surface area contributed by atoms with Gasteiger partial charge in [-0.3, -0.25) is 0 Å². The molecule has 0 bridgehead atoms. The van der Waals surface area contributed by atoms with Crippen molar-refractivity contribution in [1.29, 1.82) is 0 Å². The Morgan fingerprint density at radius 1 is 0.239 bits per heavy atom. The number of hydrogen-bond donors (Lipinski definition) is 0. The van der Waals surface area contributed by atoms with E-state index in [0.717, 1.165) is 7.06 Å². The summed E-state index contributed by atoms with van der Waals surface area (Å²) >= 11 is 0. The van der Waals surface area contributed by atoms with E-state index >= 15 is 0 Å². The van der Waals surface area contributed by atoms with Crippen molar-refractivity contribution in [1.82, 2.24) is 0 Å². The molecule has 0 unspecified atom stereocenters. The van der Waals surface area contributed by atoms with Crippen molar-refractivity contribution in [3.05, 3.63) is 0 Å². The summed E-state index contributed by atoms with van der Waals surface area (Å²) < 4.78 is 0. The Morgan fingerprint density at radius 3 is 0.307 bits per heavy atom. The molecule has 0 N–H and O–H groups in total. The first-order chi connectivity index (χ1) is 39.8. The topological polar surface area (TPSA) is 0 Å². The summed E-state index contributed by atoms with van der Waals surface area (Å²) in [6, 6.07) is 0. The Morgan fingerprint density at radius 2 is 0.295 bits per heavy atom. The summed E-state index contributed by atoms with van der Waals surface area (Å²) in [6.45, 7) is 111. The monoisotopic (exact) mass is 1250 g/mol. The third-order valence-electron chi connectivity index (χ3n) is 0.654. The highest BCUT2D eigenvalue weighted by molar-refractivity contribution is 7.49. The Bertz CT molecular complexity index is 610. The molecule has 0 nitrogen and oxygen atoms in total. The summed E-state index contributed by atoms with van der Waals surface area (Å²) in [7, 11) is 32.0. The van der Waals surface area contributed by atoms with Gasteiger partial charge in [0.1, 0.15) is 0 Å². The predicted octanol–water partition coefficient (Wildman–Crippen LogP) is 29.5. The average Bonchev–Trinajstić information content (AvgIpc) is 3.63. The third-order valence-corrected chi connectivity index (χ3v) is 0.654. The van der Waals surface area contributed by atoms with Crippen molar-refractivity contribution in [2.45, 2.75) is 432 Å². The van der Waals surface area contributed by atoms with Crippen molar-refractivity contribution in [3.8, 4) is 97.7 Å². The van der Waals surface area contributed by atoms with Crippen molar-refractivity contribution in [2.24, 2.45) is 0 Å². The molecule has 0 aliphatic carbocycles. The van der Waals surface area contributed by atoms with E-state index in [9.17, 15) is 0 Å². The van der Waals surface area contributed by atoms with Crippen LogP contribution in [-0.4, -0.2) is 76.0 Å². The lowest BCUT2D eigenvalue weighted by Gasteiger charge is -1.73. The van der Waals surface area contributed by atoms with Gasteiger partial charge in [0, 0.05) is 76.0 Å². The summed E-state index contributed by atoms with van der Waals surface area (Å²) in [5, 5.41) is 0. The molecular weight excluding hydrogens is 1040 g/mol. The van der Waals surface area contributed by atoms with Crippen LogP contribution in [0.25, 0.3) is 0 Å². The van der Waals surface area contributed by atoms with E-state index in [2.05, 4.69) is 133 Å². The molecule has 0 aliphatic rings. The van der Waals surface area contributed by atoms with Crippen LogP contribution < -0.4 is 0 Å². The molecule has 0 saturated carbocycles. The Balaban J connectivity index is -0.00000000667. The molecule has 540 valence electrons. The molecule has 0 aromatic rings. The highest BCUT2D eigenvalue weighted by atomic mass is 13.4. The number of hydrogen-bond acceptors (Lipinski definition) is 0. The molecule has 0 spiro atoms. The molecule has 0 aliphatic heterocycles. The Labute approximate surface area is 602 Å². The molecule has 0 aromatic heterocycles. The first-order valence-corrected chi connectivity index (χ1v) is 33.0. The summed E-state index contributed by atoms with van der Waals surface area (Å²) in [5.41, 5.74) is 0. The molecule has 0 rings (SSSR count). The van der Waals surface area contributed by atoms with Crippen LogP contribution in [0.1, 0.15) is 432 Å².